The highest BCUT2D eigenvalue weighted by Gasteiger charge is 2.21. The summed E-state index contributed by atoms with van der Waals surface area (Å²) in [5.74, 6) is 0.257. The predicted molar refractivity (Wildman–Crippen MR) is 107 cm³/mol. The largest absolute Gasteiger partial charge is 0.349 e. The lowest BCUT2D eigenvalue weighted by molar-refractivity contribution is -0.384. The van der Waals surface area contributed by atoms with E-state index in [0.717, 1.165) is 33.8 Å². The topological polar surface area (TPSA) is 85.1 Å². The number of hydrogen-bond donors (Lipinski definition) is 1. The summed E-state index contributed by atoms with van der Waals surface area (Å²) in [6, 6.07) is 13.0. The van der Waals surface area contributed by atoms with Gasteiger partial charge in [0.05, 0.1) is 26.9 Å². The Morgan fingerprint density at radius 2 is 2.19 bits per heavy atom. The molecule has 0 unspecified atom stereocenters. The second-order valence-corrected chi connectivity index (χ2v) is 8.64. The van der Waals surface area contributed by atoms with Crippen molar-refractivity contribution in [3.63, 3.8) is 0 Å². The van der Waals surface area contributed by atoms with Crippen LogP contribution in [0.4, 0.5) is 5.69 Å². The molecule has 0 spiro atoms. The third-order valence-corrected chi connectivity index (χ3v) is 6.76. The van der Waals surface area contributed by atoms with Gasteiger partial charge < -0.3 is 5.32 Å². The quantitative estimate of drug-likeness (QED) is 0.388. The van der Waals surface area contributed by atoms with Crippen molar-refractivity contribution < 1.29 is 9.72 Å². The van der Waals surface area contributed by atoms with Gasteiger partial charge in [0.15, 0.2) is 4.34 Å². The number of rotatable bonds is 5. The number of nitro benzene ring substituents is 1. The summed E-state index contributed by atoms with van der Waals surface area (Å²) in [5.41, 5.74) is 3.30. The van der Waals surface area contributed by atoms with Crippen molar-refractivity contribution in [2.75, 3.05) is 5.75 Å². The molecule has 1 atom stereocenters. The number of fused-ring (bicyclic) bond motifs is 2. The first-order chi connectivity index (χ1) is 13.1. The number of amides is 1. The summed E-state index contributed by atoms with van der Waals surface area (Å²) in [5, 5.41) is 14.0. The third kappa shape index (κ3) is 3.96. The number of aromatic nitrogens is 1. The maximum absolute atomic E-state index is 12.4. The summed E-state index contributed by atoms with van der Waals surface area (Å²) in [7, 11) is 0. The average Bonchev–Trinajstić information content (AvgIpc) is 3.09. The van der Waals surface area contributed by atoms with Crippen LogP contribution in [0, 0.1) is 10.1 Å². The van der Waals surface area contributed by atoms with E-state index in [0.29, 0.717) is 0 Å². The van der Waals surface area contributed by atoms with E-state index in [1.807, 2.05) is 12.1 Å². The summed E-state index contributed by atoms with van der Waals surface area (Å²) in [6.07, 6.45) is 3.10. The van der Waals surface area contributed by atoms with Crippen molar-refractivity contribution in [2.24, 2.45) is 0 Å². The highest BCUT2D eigenvalue weighted by Crippen LogP contribution is 2.32. The van der Waals surface area contributed by atoms with Gasteiger partial charge in [0.1, 0.15) is 0 Å². The van der Waals surface area contributed by atoms with Crippen molar-refractivity contribution in [2.45, 2.75) is 29.6 Å². The molecule has 138 valence electrons. The molecule has 0 aliphatic heterocycles. The van der Waals surface area contributed by atoms with E-state index >= 15 is 0 Å². The normalized spacial score (nSPS) is 16.1. The molecule has 8 heteroatoms. The molecule has 2 aromatic carbocycles. The Bertz CT molecular complexity index is 1020. The minimum Gasteiger partial charge on any atom is -0.349 e. The number of carbonyl (C=O) groups excluding carboxylic acids is 1. The zero-order valence-electron chi connectivity index (χ0n) is 14.4. The summed E-state index contributed by atoms with van der Waals surface area (Å²) < 4.78 is 1.50. The van der Waals surface area contributed by atoms with Crippen LogP contribution in [0.25, 0.3) is 10.2 Å². The number of hydrogen-bond acceptors (Lipinski definition) is 6. The number of nitro groups is 1. The Morgan fingerprint density at radius 3 is 3.04 bits per heavy atom. The Morgan fingerprint density at radius 1 is 1.33 bits per heavy atom. The van der Waals surface area contributed by atoms with Crippen LogP contribution in [-0.2, 0) is 11.2 Å². The van der Waals surface area contributed by atoms with Gasteiger partial charge in [-0.05, 0) is 36.5 Å². The van der Waals surface area contributed by atoms with Crippen LogP contribution in [-0.4, -0.2) is 21.6 Å². The summed E-state index contributed by atoms with van der Waals surface area (Å²) in [4.78, 5) is 27.3. The molecule has 6 nitrogen and oxygen atoms in total. The fourth-order valence-corrected chi connectivity index (χ4v) is 5.25. The first-order valence-electron chi connectivity index (χ1n) is 8.65. The van der Waals surface area contributed by atoms with Crippen LogP contribution in [0.1, 0.15) is 30.0 Å². The molecule has 1 heterocycles. The first-order valence-corrected chi connectivity index (χ1v) is 10.5. The molecular formula is C19H17N3O3S2. The second kappa shape index (κ2) is 7.66. The molecule has 1 aliphatic rings. The van der Waals surface area contributed by atoms with Crippen molar-refractivity contribution in [3.8, 4) is 0 Å². The van der Waals surface area contributed by atoms with E-state index in [1.54, 1.807) is 6.07 Å². The molecule has 1 amide bonds. The van der Waals surface area contributed by atoms with Crippen LogP contribution in [0.15, 0.2) is 46.8 Å². The number of non-ortho nitro benzene ring substituents is 1. The molecule has 27 heavy (non-hydrogen) atoms. The van der Waals surface area contributed by atoms with Gasteiger partial charge in [-0.1, -0.05) is 36.0 Å². The summed E-state index contributed by atoms with van der Waals surface area (Å²) >= 11 is 2.74. The molecule has 0 radical (unpaired) electrons. The summed E-state index contributed by atoms with van der Waals surface area (Å²) in [6.45, 7) is 0. The Hall–Kier alpha value is -2.45. The highest BCUT2D eigenvalue weighted by molar-refractivity contribution is 8.01. The van der Waals surface area contributed by atoms with E-state index in [2.05, 4.69) is 22.4 Å². The van der Waals surface area contributed by atoms with Crippen LogP contribution < -0.4 is 5.32 Å². The maximum atomic E-state index is 12.4. The highest BCUT2D eigenvalue weighted by atomic mass is 32.2. The smallest absolute Gasteiger partial charge is 0.270 e. The third-order valence-electron chi connectivity index (χ3n) is 4.59. The van der Waals surface area contributed by atoms with Gasteiger partial charge in [0, 0.05) is 12.1 Å². The molecule has 3 aromatic rings. The molecule has 0 saturated carbocycles. The van der Waals surface area contributed by atoms with E-state index < -0.39 is 4.92 Å². The van der Waals surface area contributed by atoms with E-state index in [-0.39, 0.29) is 23.4 Å². The van der Waals surface area contributed by atoms with Crippen molar-refractivity contribution in [1.82, 2.24) is 10.3 Å². The fourth-order valence-electron chi connectivity index (χ4n) is 3.33. The standard InChI is InChI=1S/C19H17N3O3S2/c23-18(20-15-7-3-5-12-4-1-2-6-14(12)15)11-26-19-21-16-9-8-13(22(24)25)10-17(16)27-19/h1-2,4,6,8-10,15H,3,5,7,11H2,(H,20,23)/t15-/m1/s1. The van der Waals surface area contributed by atoms with E-state index in [1.165, 1.54) is 46.4 Å². The fraction of sp³-hybridized carbons (Fsp3) is 0.263. The van der Waals surface area contributed by atoms with Gasteiger partial charge in [-0.15, -0.1) is 11.3 Å². The molecule has 4 rings (SSSR count). The van der Waals surface area contributed by atoms with Gasteiger partial charge in [0.25, 0.3) is 5.69 Å². The number of thiazole rings is 1. The average molecular weight is 399 g/mol. The molecular weight excluding hydrogens is 382 g/mol. The minimum atomic E-state index is -0.415. The second-order valence-electron chi connectivity index (χ2n) is 6.39. The van der Waals surface area contributed by atoms with Gasteiger partial charge in [-0.2, -0.15) is 0 Å². The van der Waals surface area contributed by atoms with Gasteiger partial charge >= 0.3 is 0 Å². The van der Waals surface area contributed by atoms with Crippen molar-refractivity contribution >= 4 is 44.9 Å². The lowest BCUT2D eigenvalue weighted by Gasteiger charge is -2.26. The van der Waals surface area contributed by atoms with Crippen LogP contribution in [0.2, 0.25) is 0 Å². The van der Waals surface area contributed by atoms with Gasteiger partial charge in [0.2, 0.25) is 5.91 Å². The number of aryl methyl sites for hydroxylation is 1. The Labute approximate surface area is 164 Å². The number of nitrogens with one attached hydrogen (secondary N) is 1. The lowest BCUT2D eigenvalue weighted by Crippen LogP contribution is -2.32. The molecule has 0 fully saturated rings. The molecule has 1 aromatic heterocycles. The predicted octanol–water partition coefficient (Wildman–Crippen LogP) is 4.49. The molecule has 0 saturated heterocycles. The monoisotopic (exact) mass is 399 g/mol. The number of nitrogens with zero attached hydrogens (tertiary/aromatic N) is 2. The van der Waals surface area contributed by atoms with Crippen molar-refractivity contribution in [1.29, 1.82) is 0 Å². The van der Waals surface area contributed by atoms with E-state index in [4.69, 9.17) is 0 Å². The Kier molecular flexibility index (Phi) is 5.09. The van der Waals surface area contributed by atoms with Crippen LogP contribution in [0.3, 0.4) is 0 Å². The van der Waals surface area contributed by atoms with Crippen LogP contribution >= 0.6 is 23.1 Å². The Balaban J connectivity index is 1.40. The van der Waals surface area contributed by atoms with Crippen molar-refractivity contribution in [3.05, 3.63) is 63.7 Å². The number of benzene rings is 2. The minimum absolute atomic E-state index is 0.0214. The maximum Gasteiger partial charge on any atom is 0.270 e. The first kappa shape index (κ1) is 17.9. The number of carbonyl (C=O) groups is 1. The van der Waals surface area contributed by atoms with Gasteiger partial charge in [-0.3, -0.25) is 14.9 Å². The zero-order chi connectivity index (χ0) is 18.8. The lowest BCUT2D eigenvalue weighted by atomic mass is 9.88. The van der Waals surface area contributed by atoms with Gasteiger partial charge in [-0.25, -0.2) is 4.98 Å². The zero-order valence-corrected chi connectivity index (χ0v) is 16.0. The molecule has 1 N–H and O–H groups in total. The number of thioether (sulfide) groups is 1. The molecule has 1 aliphatic carbocycles. The van der Waals surface area contributed by atoms with Crippen LogP contribution in [0.5, 0.6) is 0 Å². The SMILES string of the molecule is O=C(CSc1nc2ccc([N+](=O)[O-])cc2s1)N[C@@H]1CCCc2ccccc21. The van der Waals surface area contributed by atoms with E-state index in [9.17, 15) is 14.9 Å². The molecule has 0 bridgehead atoms.